The number of phenols is 2. The van der Waals surface area contributed by atoms with Crippen LogP contribution in [-0.4, -0.2) is 37.7 Å². The summed E-state index contributed by atoms with van der Waals surface area (Å²) < 4.78 is 0. The van der Waals surface area contributed by atoms with Crippen LogP contribution in [0.2, 0.25) is 0 Å². The Labute approximate surface area is 143 Å². The van der Waals surface area contributed by atoms with Gasteiger partial charge in [-0.3, -0.25) is 14.7 Å². The van der Waals surface area contributed by atoms with Gasteiger partial charge in [-0.1, -0.05) is 6.07 Å². The zero-order chi connectivity index (χ0) is 17.1. The topological polar surface area (TPSA) is 86.0 Å². The number of benzene rings is 1. The van der Waals surface area contributed by atoms with Crippen LogP contribution < -0.4 is 0 Å². The lowest BCUT2D eigenvalue weighted by molar-refractivity contribution is -0.122. The summed E-state index contributed by atoms with van der Waals surface area (Å²) in [6.07, 6.45) is 4.96. The fourth-order valence-electron chi connectivity index (χ4n) is 2.18. The number of amides is 1. The smallest absolute Gasteiger partial charge is 0.266 e. The minimum atomic E-state index is -0.226. The highest BCUT2D eigenvalue weighted by molar-refractivity contribution is 8.18. The van der Waals surface area contributed by atoms with E-state index in [1.54, 1.807) is 35.5 Å². The average Bonchev–Trinajstić information content (AvgIpc) is 2.87. The molecule has 0 atom stereocenters. The van der Waals surface area contributed by atoms with Gasteiger partial charge in [0.15, 0.2) is 16.7 Å². The van der Waals surface area contributed by atoms with Gasteiger partial charge in [0.25, 0.3) is 5.91 Å². The van der Waals surface area contributed by atoms with Crippen molar-refractivity contribution >= 4 is 34.6 Å². The number of carbonyl (C=O) groups is 1. The van der Waals surface area contributed by atoms with Crippen molar-refractivity contribution in [2.24, 2.45) is 4.99 Å². The Morgan fingerprint density at radius 1 is 1.29 bits per heavy atom. The first-order chi connectivity index (χ1) is 11.6. The van der Waals surface area contributed by atoms with Crippen LogP contribution in [0.5, 0.6) is 11.5 Å². The third-order valence-corrected chi connectivity index (χ3v) is 4.38. The van der Waals surface area contributed by atoms with E-state index in [0.29, 0.717) is 27.9 Å². The van der Waals surface area contributed by atoms with E-state index >= 15 is 0 Å². The van der Waals surface area contributed by atoms with Gasteiger partial charge in [-0.05, 0) is 54.6 Å². The monoisotopic (exact) mass is 341 g/mol. The van der Waals surface area contributed by atoms with E-state index in [0.717, 1.165) is 0 Å². The molecule has 1 aromatic carbocycles. The number of pyridine rings is 1. The van der Waals surface area contributed by atoms with Gasteiger partial charge >= 0.3 is 0 Å². The predicted octanol–water partition coefficient (Wildman–Crippen LogP) is 3.12. The van der Waals surface area contributed by atoms with Crippen molar-refractivity contribution in [2.75, 3.05) is 6.54 Å². The van der Waals surface area contributed by atoms with Gasteiger partial charge < -0.3 is 10.2 Å². The first-order valence-corrected chi connectivity index (χ1v) is 8.12. The minimum absolute atomic E-state index is 0.141. The lowest BCUT2D eigenvalue weighted by Gasteiger charge is -2.11. The number of amidine groups is 1. The second-order valence-electron chi connectivity index (χ2n) is 5.01. The van der Waals surface area contributed by atoms with Crippen LogP contribution in [0.4, 0.5) is 5.69 Å². The highest BCUT2D eigenvalue weighted by atomic mass is 32.2. The summed E-state index contributed by atoms with van der Waals surface area (Å²) >= 11 is 1.27. The largest absolute Gasteiger partial charge is 0.504 e. The number of carbonyl (C=O) groups excluding carboxylic acids is 1. The summed E-state index contributed by atoms with van der Waals surface area (Å²) in [4.78, 5) is 23.1. The number of thioether (sulfide) groups is 1. The van der Waals surface area contributed by atoms with Crippen molar-refractivity contribution in [1.82, 2.24) is 9.88 Å². The summed E-state index contributed by atoms with van der Waals surface area (Å²) in [5.41, 5.74) is 1.30. The Kier molecular flexibility index (Phi) is 4.52. The van der Waals surface area contributed by atoms with Crippen LogP contribution in [0.25, 0.3) is 6.08 Å². The average molecular weight is 341 g/mol. The molecule has 0 aliphatic carbocycles. The normalized spacial score (nSPS) is 17.9. The number of hydrogen-bond acceptors (Lipinski definition) is 6. The number of aromatic hydroxyl groups is 2. The quantitative estimate of drug-likeness (QED) is 0.662. The fraction of sp³-hybridized carbons (Fsp3) is 0.118. The molecule has 1 amide bonds. The van der Waals surface area contributed by atoms with Crippen LogP contribution in [0.15, 0.2) is 52.6 Å². The molecule has 24 heavy (non-hydrogen) atoms. The number of likely N-dealkylation sites (N-methyl/N-ethyl adjacent to an activating group) is 1. The fourth-order valence-corrected chi connectivity index (χ4v) is 3.24. The zero-order valence-electron chi connectivity index (χ0n) is 12.9. The Morgan fingerprint density at radius 3 is 2.79 bits per heavy atom. The molecular weight excluding hydrogens is 326 g/mol. The van der Waals surface area contributed by atoms with Crippen molar-refractivity contribution in [3.8, 4) is 11.5 Å². The van der Waals surface area contributed by atoms with Gasteiger partial charge in [0.1, 0.15) is 0 Å². The molecule has 0 saturated carbocycles. The van der Waals surface area contributed by atoms with Gasteiger partial charge in [0.05, 0.1) is 16.8 Å². The molecule has 3 rings (SSSR count). The number of aromatic nitrogens is 1. The SMILES string of the molecule is CCN1C(=O)/C(=C/c2ccc(O)c(O)c2)SC1=Nc1cccnc1. The summed E-state index contributed by atoms with van der Waals surface area (Å²) in [5, 5.41) is 19.5. The van der Waals surface area contributed by atoms with Crippen molar-refractivity contribution in [3.05, 3.63) is 53.2 Å². The van der Waals surface area contributed by atoms with Crippen LogP contribution in [0.1, 0.15) is 12.5 Å². The van der Waals surface area contributed by atoms with E-state index in [1.165, 1.54) is 23.9 Å². The maximum Gasteiger partial charge on any atom is 0.266 e. The maximum atomic E-state index is 12.5. The molecule has 2 aromatic rings. The number of rotatable bonds is 3. The van der Waals surface area contributed by atoms with Crippen molar-refractivity contribution < 1.29 is 15.0 Å². The molecule has 1 saturated heterocycles. The van der Waals surface area contributed by atoms with E-state index in [9.17, 15) is 15.0 Å². The molecule has 0 radical (unpaired) electrons. The molecule has 1 fully saturated rings. The molecule has 6 nitrogen and oxygen atoms in total. The summed E-state index contributed by atoms with van der Waals surface area (Å²) in [7, 11) is 0. The Morgan fingerprint density at radius 2 is 2.12 bits per heavy atom. The highest BCUT2D eigenvalue weighted by Gasteiger charge is 2.32. The molecule has 0 spiro atoms. The van der Waals surface area contributed by atoms with Crippen molar-refractivity contribution in [3.63, 3.8) is 0 Å². The first-order valence-electron chi connectivity index (χ1n) is 7.30. The Bertz CT molecular complexity index is 834. The molecule has 1 aliphatic rings. The van der Waals surface area contributed by atoms with E-state index < -0.39 is 0 Å². The Balaban J connectivity index is 1.93. The van der Waals surface area contributed by atoms with E-state index in [-0.39, 0.29) is 17.4 Å². The van der Waals surface area contributed by atoms with Gasteiger partial charge in [0, 0.05) is 12.7 Å². The zero-order valence-corrected chi connectivity index (χ0v) is 13.7. The van der Waals surface area contributed by atoms with Gasteiger partial charge in [-0.2, -0.15) is 0 Å². The number of phenolic OH excluding ortho intramolecular Hbond substituents is 2. The van der Waals surface area contributed by atoms with Crippen molar-refractivity contribution in [2.45, 2.75) is 6.92 Å². The molecule has 1 aliphatic heterocycles. The Hall–Kier alpha value is -2.80. The van der Waals surface area contributed by atoms with Crippen LogP contribution in [0.3, 0.4) is 0 Å². The molecule has 7 heteroatoms. The second-order valence-corrected chi connectivity index (χ2v) is 6.02. The van der Waals surface area contributed by atoms with Crippen LogP contribution >= 0.6 is 11.8 Å². The van der Waals surface area contributed by atoms with E-state index in [1.807, 2.05) is 13.0 Å². The second kappa shape index (κ2) is 6.76. The number of hydrogen-bond donors (Lipinski definition) is 2. The molecule has 2 N–H and O–H groups in total. The lowest BCUT2D eigenvalue weighted by atomic mass is 10.2. The molecule has 0 bridgehead atoms. The van der Waals surface area contributed by atoms with Crippen molar-refractivity contribution in [1.29, 1.82) is 0 Å². The first kappa shape index (κ1) is 16.1. The summed E-state index contributed by atoms with van der Waals surface area (Å²) in [6.45, 7) is 2.38. The third-order valence-electron chi connectivity index (χ3n) is 3.37. The molecule has 1 aromatic heterocycles. The van der Waals surface area contributed by atoms with Gasteiger partial charge in [0.2, 0.25) is 0 Å². The lowest BCUT2D eigenvalue weighted by Crippen LogP contribution is -2.28. The van der Waals surface area contributed by atoms with Gasteiger partial charge in [-0.25, -0.2) is 4.99 Å². The molecule has 2 heterocycles. The molecule has 0 unspecified atom stereocenters. The van der Waals surface area contributed by atoms with Crippen LogP contribution in [0, 0.1) is 0 Å². The van der Waals surface area contributed by atoms with Crippen LogP contribution in [-0.2, 0) is 4.79 Å². The summed E-state index contributed by atoms with van der Waals surface area (Å²) in [5.74, 6) is -0.564. The minimum Gasteiger partial charge on any atom is -0.504 e. The standard InChI is InChI=1S/C17H15N3O3S/c1-2-20-16(23)15(9-11-5-6-13(21)14(22)8-11)24-17(20)19-12-4-3-7-18-10-12/h3-10,21-22H,2H2,1H3/b15-9-,19-17?. The maximum absolute atomic E-state index is 12.5. The highest BCUT2D eigenvalue weighted by Crippen LogP contribution is 2.35. The van der Waals surface area contributed by atoms with E-state index in [2.05, 4.69) is 9.98 Å². The third kappa shape index (κ3) is 3.26. The molecule has 122 valence electrons. The summed E-state index contributed by atoms with van der Waals surface area (Å²) in [6, 6.07) is 8.02. The number of aliphatic imine (C=N–C) groups is 1. The molecular formula is C17H15N3O3S. The van der Waals surface area contributed by atoms with E-state index in [4.69, 9.17) is 0 Å². The number of nitrogens with zero attached hydrogens (tertiary/aromatic N) is 3. The van der Waals surface area contributed by atoms with Gasteiger partial charge in [-0.15, -0.1) is 0 Å². The predicted molar refractivity (Wildman–Crippen MR) is 94.1 cm³/mol.